The van der Waals surface area contributed by atoms with E-state index in [1.165, 1.54) is 5.69 Å². The normalized spacial score (nSPS) is 12.5. The van der Waals surface area contributed by atoms with Crippen LogP contribution in [-0.4, -0.2) is 9.38 Å². The van der Waals surface area contributed by atoms with Gasteiger partial charge in [-0.1, -0.05) is 20.8 Å². The largest absolute Gasteiger partial charge is 0.294 e. The standard InChI is InChI=1S/C10H14N2S/c1-4-10(2,3)8-7-11-9-12(8)5-6-13-9/h5-7H,4H2,1-3H3. The van der Waals surface area contributed by atoms with Crippen LogP contribution in [0, 0.1) is 0 Å². The smallest absolute Gasteiger partial charge is 0.193 e. The van der Waals surface area contributed by atoms with E-state index in [4.69, 9.17) is 0 Å². The van der Waals surface area contributed by atoms with E-state index in [9.17, 15) is 0 Å². The number of rotatable bonds is 2. The average Bonchev–Trinajstić information content (AvgIpc) is 2.62. The third kappa shape index (κ3) is 1.27. The van der Waals surface area contributed by atoms with E-state index in [1.54, 1.807) is 11.3 Å². The van der Waals surface area contributed by atoms with Crippen molar-refractivity contribution in [2.75, 3.05) is 0 Å². The predicted molar refractivity (Wildman–Crippen MR) is 56.4 cm³/mol. The highest BCUT2D eigenvalue weighted by Crippen LogP contribution is 2.28. The van der Waals surface area contributed by atoms with Crippen molar-refractivity contribution < 1.29 is 0 Å². The second-order valence-corrected chi connectivity index (χ2v) is 4.81. The molecular weight excluding hydrogens is 180 g/mol. The SMILES string of the molecule is CCC(C)(C)c1cnc2sccn12. The van der Waals surface area contributed by atoms with E-state index in [1.807, 2.05) is 6.20 Å². The highest BCUT2D eigenvalue weighted by atomic mass is 32.1. The molecule has 0 unspecified atom stereocenters. The van der Waals surface area contributed by atoms with Crippen LogP contribution in [0.25, 0.3) is 4.96 Å². The molecule has 3 heteroatoms. The lowest BCUT2D eigenvalue weighted by molar-refractivity contribution is 0.487. The summed E-state index contributed by atoms with van der Waals surface area (Å²) < 4.78 is 2.19. The fourth-order valence-corrected chi connectivity index (χ4v) is 2.10. The Bertz CT molecular complexity index is 411. The minimum Gasteiger partial charge on any atom is -0.294 e. The van der Waals surface area contributed by atoms with Crippen molar-refractivity contribution >= 4 is 16.3 Å². The molecule has 2 aromatic rings. The van der Waals surface area contributed by atoms with Crippen LogP contribution in [0.5, 0.6) is 0 Å². The summed E-state index contributed by atoms with van der Waals surface area (Å²) in [6.45, 7) is 6.73. The van der Waals surface area contributed by atoms with Crippen LogP contribution in [0.3, 0.4) is 0 Å². The highest BCUT2D eigenvalue weighted by Gasteiger charge is 2.22. The van der Waals surface area contributed by atoms with Crippen LogP contribution in [0.2, 0.25) is 0 Å². The molecule has 2 nitrogen and oxygen atoms in total. The molecule has 70 valence electrons. The van der Waals surface area contributed by atoms with E-state index in [0.717, 1.165) is 11.4 Å². The Morgan fingerprint density at radius 2 is 2.31 bits per heavy atom. The van der Waals surface area contributed by atoms with Gasteiger partial charge in [-0.15, -0.1) is 11.3 Å². The number of hydrogen-bond donors (Lipinski definition) is 0. The van der Waals surface area contributed by atoms with Gasteiger partial charge >= 0.3 is 0 Å². The summed E-state index contributed by atoms with van der Waals surface area (Å²) in [5.41, 5.74) is 1.53. The van der Waals surface area contributed by atoms with Gasteiger partial charge in [0.25, 0.3) is 0 Å². The van der Waals surface area contributed by atoms with Gasteiger partial charge in [0.2, 0.25) is 0 Å². The third-order valence-corrected chi connectivity index (χ3v) is 3.49. The lowest BCUT2D eigenvalue weighted by atomic mass is 9.87. The summed E-state index contributed by atoms with van der Waals surface area (Å²) in [5.74, 6) is 0. The van der Waals surface area contributed by atoms with Crippen molar-refractivity contribution in [2.24, 2.45) is 0 Å². The molecule has 0 N–H and O–H groups in total. The molecule has 2 heterocycles. The Kier molecular flexibility index (Phi) is 1.91. The Labute approximate surface area is 82.2 Å². The van der Waals surface area contributed by atoms with Gasteiger partial charge < -0.3 is 0 Å². The van der Waals surface area contributed by atoms with Crippen molar-refractivity contribution in [1.29, 1.82) is 0 Å². The van der Waals surface area contributed by atoms with Crippen LogP contribution in [0.1, 0.15) is 32.9 Å². The first-order valence-electron chi connectivity index (χ1n) is 4.56. The molecule has 2 aromatic heterocycles. The van der Waals surface area contributed by atoms with Gasteiger partial charge in [-0.2, -0.15) is 0 Å². The van der Waals surface area contributed by atoms with E-state index >= 15 is 0 Å². The van der Waals surface area contributed by atoms with Crippen molar-refractivity contribution in [3.05, 3.63) is 23.5 Å². The van der Waals surface area contributed by atoms with E-state index in [0.29, 0.717) is 0 Å². The van der Waals surface area contributed by atoms with Crippen molar-refractivity contribution in [3.63, 3.8) is 0 Å². The molecule has 0 aliphatic heterocycles. The zero-order valence-corrected chi connectivity index (χ0v) is 9.06. The fourth-order valence-electron chi connectivity index (χ4n) is 1.41. The van der Waals surface area contributed by atoms with Gasteiger partial charge in [-0.3, -0.25) is 4.40 Å². The first kappa shape index (κ1) is 8.75. The van der Waals surface area contributed by atoms with Gasteiger partial charge in [-0.05, 0) is 6.42 Å². The number of fused-ring (bicyclic) bond motifs is 1. The average molecular weight is 194 g/mol. The third-order valence-electron chi connectivity index (χ3n) is 2.72. The first-order chi connectivity index (χ1) is 6.15. The quantitative estimate of drug-likeness (QED) is 0.718. The van der Waals surface area contributed by atoms with Gasteiger partial charge in [0.05, 0.1) is 6.20 Å². The Morgan fingerprint density at radius 1 is 1.54 bits per heavy atom. The van der Waals surface area contributed by atoms with Crippen LogP contribution in [0.15, 0.2) is 17.8 Å². The van der Waals surface area contributed by atoms with Gasteiger partial charge in [0.15, 0.2) is 4.96 Å². The summed E-state index contributed by atoms with van der Waals surface area (Å²) in [6.07, 6.45) is 5.23. The summed E-state index contributed by atoms with van der Waals surface area (Å²) in [7, 11) is 0. The van der Waals surface area contributed by atoms with Crippen molar-refractivity contribution in [2.45, 2.75) is 32.6 Å². The topological polar surface area (TPSA) is 17.3 Å². The van der Waals surface area contributed by atoms with Crippen LogP contribution in [-0.2, 0) is 5.41 Å². The number of aromatic nitrogens is 2. The van der Waals surface area contributed by atoms with Crippen LogP contribution < -0.4 is 0 Å². The number of imidazole rings is 1. The van der Waals surface area contributed by atoms with Gasteiger partial charge in [0, 0.05) is 22.7 Å². The van der Waals surface area contributed by atoms with E-state index in [2.05, 4.69) is 41.7 Å². The molecule has 0 spiro atoms. The van der Waals surface area contributed by atoms with E-state index < -0.39 is 0 Å². The maximum atomic E-state index is 4.37. The van der Waals surface area contributed by atoms with Crippen molar-refractivity contribution in [1.82, 2.24) is 9.38 Å². The van der Waals surface area contributed by atoms with Gasteiger partial charge in [-0.25, -0.2) is 4.98 Å². The maximum Gasteiger partial charge on any atom is 0.193 e. The minimum atomic E-state index is 0.223. The number of nitrogens with zero attached hydrogens (tertiary/aromatic N) is 2. The molecule has 0 aromatic carbocycles. The lowest BCUT2D eigenvalue weighted by Gasteiger charge is -2.21. The molecule has 0 aliphatic carbocycles. The summed E-state index contributed by atoms with van der Waals surface area (Å²) in [5, 5.41) is 2.08. The minimum absolute atomic E-state index is 0.223. The second-order valence-electron chi connectivity index (χ2n) is 3.94. The lowest BCUT2D eigenvalue weighted by Crippen LogP contribution is -2.17. The summed E-state index contributed by atoms with van der Waals surface area (Å²) in [4.78, 5) is 5.47. The van der Waals surface area contributed by atoms with Crippen LogP contribution >= 0.6 is 11.3 Å². The van der Waals surface area contributed by atoms with Gasteiger partial charge in [0.1, 0.15) is 0 Å². The highest BCUT2D eigenvalue weighted by molar-refractivity contribution is 7.15. The molecule has 0 saturated carbocycles. The molecule has 0 fully saturated rings. The van der Waals surface area contributed by atoms with Crippen molar-refractivity contribution in [3.8, 4) is 0 Å². The molecule has 0 bridgehead atoms. The second kappa shape index (κ2) is 2.84. The van der Waals surface area contributed by atoms with Crippen LogP contribution in [0.4, 0.5) is 0 Å². The number of hydrogen-bond acceptors (Lipinski definition) is 2. The molecule has 0 saturated heterocycles. The predicted octanol–water partition coefficient (Wildman–Crippen LogP) is 3.08. The molecule has 0 amide bonds. The molecule has 0 radical (unpaired) electrons. The summed E-state index contributed by atoms with van der Waals surface area (Å²) in [6, 6.07) is 0. The molecular formula is C10H14N2S. The zero-order valence-electron chi connectivity index (χ0n) is 8.24. The molecule has 0 aliphatic rings. The number of thiazole rings is 1. The Balaban J connectivity index is 2.60. The summed E-state index contributed by atoms with van der Waals surface area (Å²) >= 11 is 1.69. The first-order valence-corrected chi connectivity index (χ1v) is 5.44. The maximum absolute atomic E-state index is 4.37. The monoisotopic (exact) mass is 194 g/mol. The zero-order chi connectivity index (χ0) is 9.47. The van der Waals surface area contributed by atoms with E-state index in [-0.39, 0.29) is 5.41 Å². The molecule has 13 heavy (non-hydrogen) atoms. The molecule has 2 rings (SSSR count). The fraction of sp³-hybridized carbons (Fsp3) is 0.500. The molecule has 0 atom stereocenters. The Morgan fingerprint density at radius 3 is 3.00 bits per heavy atom. The Hall–Kier alpha value is -0.830.